The van der Waals surface area contributed by atoms with Gasteiger partial charge in [0.1, 0.15) is 0 Å². The molecule has 1 aliphatic heterocycles. The van der Waals surface area contributed by atoms with Gasteiger partial charge in [-0.1, -0.05) is 19.1 Å². The molecule has 0 bridgehead atoms. The zero-order valence-corrected chi connectivity index (χ0v) is 12.5. The number of hydrogen-bond acceptors (Lipinski definition) is 3. The van der Waals surface area contributed by atoms with E-state index >= 15 is 0 Å². The molecule has 19 heavy (non-hydrogen) atoms. The molecule has 0 radical (unpaired) electrons. The van der Waals surface area contributed by atoms with Gasteiger partial charge >= 0.3 is 0 Å². The molecule has 1 saturated heterocycles. The summed E-state index contributed by atoms with van der Waals surface area (Å²) in [6, 6.07) is 9.83. The Balaban J connectivity index is 2.01. The van der Waals surface area contributed by atoms with Crippen LogP contribution in [0.4, 0.5) is 5.69 Å². The molecule has 3 heteroatoms. The smallest absolute Gasteiger partial charge is 0.0389 e. The van der Waals surface area contributed by atoms with Crippen LogP contribution < -0.4 is 10.6 Å². The van der Waals surface area contributed by atoms with Crippen molar-refractivity contribution in [3.05, 3.63) is 29.8 Å². The Bertz CT molecular complexity index is 387. The second-order valence-corrected chi connectivity index (χ2v) is 5.84. The molecule has 3 nitrogen and oxygen atoms in total. The summed E-state index contributed by atoms with van der Waals surface area (Å²) in [4.78, 5) is 4.90. The fraction of sp³-hybridized carbons (Fsp3) is 0.625. The molecule has 2 atom stereocenters. The van der Waals surface area contributed by atoms with E-state index in [4.69, 9.17) is 5.73 Å². The predicted octanol–water partition coefficient (Wildman–Crippen LogP) is 2.11. The SMILES string of the molecule is CCC(N)Cc1ccc(N2CCN(C)CC2C)cc1. The van der Waals surface area contributed by atoms with Crippen molar-refractivity contribution in [2.45, 2.75) is 38.8 Å². The van der Waals surface area contributed by atoms with E-state index in [2.05, 4.69) is 55.0 Å². The van der Waals surface area contributed by atoms with Crippen LogP contribution in [0, 0.1) is 0 Å². The number of benzene rings is 1. The van der Waals surface area contributed by atoms with E-state index in [0.29, 0.717) is 6.04 Å². The highest BCUT2D eigenvalue weighted by Gasteiger charge is 2.21. The van der Waals surface area contributed by atoms with Crippen LogP contribution in [0.1, 0.15) is 25.8 Å². The van der Waals surface area contributed by atoms with Crippen LogP contribution >= 0.6 is 0 Å². The van der Waals surface area contributed by atoms with Gasteiger partial charge in [-0.15, -0.1) is 0 Å². The number of hydrogen-bond donors (Lipinski definition) is 1. The number of likely N-dealkylation sites (N-methyl/N-ethyl adjacent to an activating group) is 1. The maximum absolute atomic E-state index is 6.01. The van der Waals surface area contributed by atoms with Crippen molar-refractivity contribution < 1.29 is 0 Å². The average Bonchev–Trinajstić information content (AvgIpc) is 2.40. The molecule has 1 aromatic carbocycles. The molecule has 0 spiro atoms. The highest BCUT2D eigenvalue weighted by atomic mass is 15.3. The Morgan fingerprint density at radius 2 is 1.95 bits per heavy atom. The summed E-state index contributed by atoms with van der Waals surface area (Å²) < 4.78 is 0. The van der Waals surface area contributed by atoms with Crippen molar-refractivity contribution in [3.63, 3.8) is 0 Å². The van der Waals surface area contributed by atoms with Crippen LogP contribution in [-0.2, 0) is 6.42 Å². The minimum Gasteiger partial charge on any atom is -0.366 e. The Morgan fingerprint density at radius 1 is 1.26 bits per heavy atom. The molecule has 1 fully saturated rings. The summed E-state index contributed by atoms with van der Waals surface area (Å²) in [5.41, 5.74) is 8.70. The van der Waals surface area contributed by atoms with E-state index in [1.54, 1.807) is 0 Å². The Labute approximate surface area is 117 Å². The van der Waals surface area contributed by atoms with Crippen LogP contribution in [0.15, 0.2) is 24.3 Å². The van der Waals surface area contributed by atoms with E-state index < -0.39 is 0 Å². The van der Waals surface area contributed by atoms with Crippen LogP contribution in [0.5, 0.6) is 0 Å². The molecule has 106 valence electrons. The summed E-state index contributed by atoms with van der Waals surface area (Å²) >= 11 is 0. The summed E-state index contributed by atoms with van der Waals surface area (Å²) in [7, 11) is 2.20. The summed E-state index contributed by atoms with van der Waals surface area (Å²) in [6.45, 7) is 7.85. The van der Waals surface area contributed by atoms with Crippen molar-refractivity contribution in [1.29, 1.82) is 0 Å². The zero-order chi connectivity index (χ0) is 13.8. The molecular weight excluding hydrogens is 234 g/mol. The van der Waals surface area contributed by atoms with Gasteiger partial charge in [-0.3, -0.25) is 0 Å². The van der Waals surface area contributed by atoms with Gasteiger partial charge in [0.25, 0.3) is 0 Å². The Morgan fingerprint density at radius 3 is 2.53 bits per heavy atom. The summed E-state index contributed by atoms with van der Waals surface area (Å²) in [5.74, 6) is 0. The lowest BCUT2D eigenvalue weighted by atomic mass is 10.0. The largest absolute Gasteiger partial charge is 0.366 e. The van der Waals surface area contributed by atoms with E-state index in [9.17, 15) is 0 Å². The normalized spacial score (nSPS) is 22.5. The first kappa shape index (κ1) is 14.4. The number of nitrogens with zero attached hydrogens (tertiary/aromatic N) is 2. The maximum Gasteiger partial charge on any atom is 0.0389 e. The van der Waals surface area contributed by atoms with Gasteiger partial charge in [-0.05, 0) is 44.5 Å². The fourth-order valence-corrected chi connectivity index (χ4v) is 2.79. The van der Waals surface area contributed by atoms with Gasteiger partial charge in [0.05, 0.1) is 0 Å². The van der Waals surface area contributed by atoms with E-state index in [1.165, 1.54) is 11.3 Å². The molecule has 0 saturated carbocycles. The third-order valence-electron chi connectivity index (χ3n) is 4.12. The van der Waals surface area contributed by atoms with E-state index in [-0.39, 0.29) is 6.04 Å². The second-order valence-electron chi connectivity index (χ2n) is 5.84. The van der Waals surface area contributed by atoms with Crippen molar-refractivity contribution in [2.24, 2.45) is 5.73 Å². The predicted molar refractivity (Wildman–Crippen MR) is 82.7 cm³/mol. The first-order valence-electron chi connectivity index (χ1n) is 7.40. The molecule has 2 N–H and O–H groups in total. The minimum atomic E-state index is 0.286. The highest BCUT2D eigenvalue weighted by Crippen LogP contribution is 2.21. The number of rotatable bonds is 4. The van der Waals surface area contributed by atoms with Gasteiger partial charge in [0, 0.05) is 37.4 Å². The lowest BCUT2D eigenvalue weighted by Gasteiger charge is -2.39. The average molecular weight is 261 g/mol. The van der Waals surface area contributed by atoms with Gasteiger partial charge in [0.15, 0.2) is 0 Å². The molecule has 1 aromatic rings. The van der Waals surface area contributed by atoms with Crippen LogP contribution in [0.25, 0.3) is 0 Å². The first-order valence-corrected chi connectivity index (χ1v) is 7.40. The number of nitrogens with two attached hydrogens (primary N) is 1. The molecule has 2 unspecified atom stereocenters. The molecular formula is C16H27N3. The van der Waals surface area contributed by atoms with Crippen molar-refractivity contribution in [1.82, 2.24) is 4.90 Å². The monoisotopic (exact) mass is 261 g/mol. The number of anilines is 1. The first-order chi connectivity index (χ1) is 9.10. The highest BCUT2D eigenvalue weighted by molar-refractivity contribution is 5.49. The topological polar surface area (TPSA) is 32.5 Å². The standard InChI is InChI=1S/C16H27N3/c1-4-15(17)11-14-5-7-16(8-6-14)19-10-9-18(3)12-13(19)2/h5-8,13,15H,4,9-12,17H2,1-3H3. The second kappa shape index (κ2) is 6.40. The Hall–Kier alpha value is -1.06. The van der Waals surface area contributed by atoms with E-state index in [0.717, 1.165) is 32.5 Å². The molecule has 0 aliphatic carbocycles. The van der Waals surface area contributed by atoms with Crippen molar-refractivity contribution in [2.75, 3.05) is 31.6 Å². The lowest BCUT2D eigenvalue weighted by Crippen LogP contribution is -2.50. The molecule has 1 aliphatic rings. The maximum atomic E-state index is 6.01. The van der Waals surface area contributed by atoms with Gasteiger partial charge < -0.3 is 15.5 Å². The number of piperazine rings is 1. The van der Waals surface area contributed by atoms with Crippen LogP contribution in [-0.4, -0.2) is 43.7 Å². The summed E-state index contributed by atoms with van der Waals surface area (Å²) in [6.07, 6.45) is 2.02. The van der Waals surface area contributed by atoms with Crippen molar-refractivity contribution in [3.8, 4) is 0 Å². The van der Waals surface area contributed by atoms with Gasteiger partial charge in [0.2, 0.25) is 0 Å². The molecule has 1 heterocycles. The fourth-order valence-electron chi connectivity index (χ4n) is 2.79. The minimum absolute atomic E-state index is 0.286. The van der Waals surface area contributed by atoms with Crippen LogP contribution in [0.3, 0.4) is 0 Å². The Kier molecular flexibility index (Phi) is 4.83. The third-order valence-corrected chi connectivity index (χ3v) is 4.12. The van der Waals surface area contributed by atoms with Gasteiger partial charge in [-0.2, -0.15) is 0 Å². The van der Waals surface area contributed by atoms with Crippen molar-refractivity contribution >= 4 is 5.69 Å². The quantitative estimate of drug-likeness (QED) is 0.901. The zero-order valence-electron chi connectivity index (χ0n) is 12.5. The molecule has 0 amide bonds. The molecule has 0 aromatic heterocycles. The third kappa shape index (κ3) is 3.71. The molecule has 2 rings (SSSR count). The van der Waals surface area contributed by atoms with Gasteiger partial charge in [-0.25, -0.2) is 0 Å². The summed E-state index contributed by atoms with van der Waals surface area (Å²) in [5, 5.41) is 0. The van der Waals surface area contributed by atoms with Crippen LogP contribution in [0.2, 0.25) is 0 Å². The lowest BCUT2D eigenvalue weighted by molar-refractivity contribution is 0.275. The van der Waals surface area contributed by atoms with E-state index in [1.807, 2.05) is 0 Å².